The molecule has 1 aromatic heterocycles. The summed E-state index contributed by atoms with van der Waals surface area (Å²) >= 11 is 0. The minimum absolute atomic E-state index is 0.0561. The van der Waals surface area contributed by atoms with Crippen LogP contribution in [0.2, 0.25) is 0 Å². The monoisotopic (exact) mass is 244 g/mol. The number of aromatic nitrogens is 1. The van der Waals surface area contributed by atoms with Crippen LogP contribution in [0, 0.1) is 0 Å². The van der Waals surface area contributed by atoms with Crippen molar-refractivity contribution in [3.8, 4) is 0 Å². The van der Waals surface area contributed by atoms with E-state index in [0.717, 1.165) is 12.1 Å². The average molecular weight is 244 g/mol. The Morgan fingerprint density at radius 1 is 1.06 bits per heavy atom. The van der Waals surface area contributed by atoms with Crippen LogP contribution in [0.5, 0.6) is 0 Å². The van der Waals surface area contributed by atoms with Gasteiger partial charge in [-0.05, 0) is 37.6 Å². The predicted molar refractivity (Wildman–Crippen MR) is 73.3 cm³/mol. The van der Waals surface area contributed by atoms with Gasteiger partial charge in [-0.3, -0.25) is 4.90 Å². The first-order chi connectivity index (χ1) is 8.88. The predicted octanol–water partition coefficient (Wildman–Crippen LogP) is 2.58. The second-order valence-corrected chi connectivity index (χ2v) is 5.12. The molecule has 18 heavy (non-hydrogen) atoms. The molecule has 1 aliphatic heterocycles. The molecule has 0 saturated carbocycles. The minimum Gasteiger partial charge on any atom is -0.376 e. The number of rotatable bonds is 3. The van der Waals surface area contributed by atoms with Crippen LogP contribution in [-0.4, -0.2) is 27.7 Å². The van der Waals surface area contributed by atoms with E-state index in [1.807, 2.05) is 10.6 Å². The van der Waals surface area contributed by atoms with Gasteiger partial charge < -0.3 is 9.67 Å². The van der Waals surface area contributed by atoms with Crippen LogP contribution in [0.3, 0.4) is 0 Å². The SMILES string of the molecule is OCn1cc(CN2CCCCC2)c2ccccc21. The molecule has 3 nitrogen and oxygen atoms in total. The fourth-order valence-corrected chi connectivity index (χ4v) is 2.92. The largest absolute Gasteiger partial charge is 0.376 e. The van der Waals surface area contributed by atoms with Crippen LogP contribution >= 0.6 is 0 Å². The van der Waals surface area contributed by atoms with Crippen molar-refractivity contribution in [1.82, 2.24) is 9.47 Å². The van der Waals surface area contributed by atoms with E-state index in [1.54, 1.807) is 0 Å². The van der Waals surface area contributed by atoms with Gasteiger partial charge in [0.2, 0.25) is 0 Å². The Hall–Kier alpha value is -1.32. The third-order valence-corrected chi connectivity index (χ3v) is 3.87. The molecule has 0 bridgehead atoms. The number of benzene rings is 1. The summed E-state index contributed by atoms with van der Waals surface area (Å²) in [6.45, 7) is 3.48. The maximum atomic E-state index is 9.40. The number of piperidine rings is 1. The van der Waals surface area contributed by atoms with Gasteiger partial charge in [0.05, 0.1) is 5.52 Å². The standard InChI is InChI=1S/C15H20N2O/c18-12-17-11-13(10-16-8-4-1-5-9-16)14-6-2-3-7-15(14)17/h2-3,6-7,11,18H,1,4-5,8-10,12H2. The number of hydrogen-bond acceptors (Lipinski definition) is 2. The smallest absolute Gasteiger partial charge is 0.119 e. The Labute approximate surface area is 108 Å². The molecule has 0 spiro atoms. The highest BCUT2D eigenvalue weighted by atomic mass is 16.3. The number of hydrogen-bond donors (Lipinski definition) is 1. The first-order valence-electron chi connectivity index (χ1n) is 6.78. The van der Waals surface area contributed by atoms with Gasteiger partial charge in [-0.2, -0.15) is 0 Å². The maximum Gasteiger partial charge on any atom is 0.119 e. The van der Waals surface area contributed by atoms with E-state index in [4.69, 9.17) is 0 Å². The van der Waals surface area contributed by atoms with Crippen LogP contribution in [0.25, 0.3) is 10.9 Å². The van der Waals surface area contributed by atoms with Gasteiger partial charge in [0.15, 0.2) is 0 Å². The second-order valence-electron chi connectivity index (χ2n) is 5.12. The lowest BCUT2D eigenvalue weighted by molar-refractivity contribution is 0.211. The van der Waals surface area contributed by atoms with Crippen LogP contribution < -0.4 is 0 Å². The average Bonchev–Trinajstić information content (AvgIpc) is 2.78. The zero-order chi connectivity index (χ0) is 12.4. The molecular weight excluding hydrogens is 224 g/mol. The van der Waals surface area contributed by atoms with E-state index in [2.05, 4.69) is 29.3 Å². The summed E-state index contributed by atoms with van der Waals surface area (Å²) in [5.74, 6) is 0. The molecule has 0 aliphatic carbocycles. The highest BCUT2D eigenvalue weighted by molar-refractivity contribution is 5.83. The zero-order valence-electron chi connectivity index (χ0n) is 10.7. The molecule has 1 aromatic carbocycles. The number of aliphatic hydroxyl groups is 1. The summed E-state index contributed by atoms with van der Waals surface area (Å²) in [5, 5.41) is 10.7. The Morgan fingerprint density at radius 2 is 1.83 bits per heavy atom. The number of aliphatic hydroxyl groups excluding tert-OH is 1. The lowest BCUT2D eigenvalue weighted by Gasteiger charge is -2.26. The molecule has 0 radical (unpaired) electrons. The molecule has 3 heteroatoms. The van der Waals surface area contributed by atoms with Gasteiger partial charge in [-0.25, -0.2) is 0 Å². The van der Waals surface area contributed by atoms with Crippen molar-refractivity contribution in [3.63, 3.8) is 0 Å². The number of fused-ring (bicyclic) bond motifs is 1. The lowest BCUT2D eigenvalue weighted by atomic mass is 10.1. The number of nitrogens with zero attached hydrogens (tertiary/aromatic N) is 2. The Kier molecular flexibility index (Phi) is 3.35. The molecule has 3 rings (SSSR count). The van der Waals surface area contributed by atoms with Gasteiger partial charge in [0.25, 0.3) is 0 Å². The van der Waals surface area contributed by atoms with Crippen molar-refractivity contribution >= 4 is 10.9 Å². The summed E-state index contributed by atoms with van der Waals surface area (Å²) in [6, 6.07) is 8.33. The molecule has 0 atom stereocenters. The fourth-order valence-electron chi connectivity index (χ4n) is 2.92. The molecule has 1 fully saturated rings. The van der Waals surface area contributed by atoms with E-state index in [1.165, 1.54) is 43.3 Å². The Balaban J connectivity index is 1.91. The summed E-state index contributed by atoms with van der Waals surface area (Å²) < 4.78 is 1.93. The molecule has 2 aromatic rings. The van der Waals surface area contributed by atoms with Gasteiger partial charge in [-0.15, -0.1) is 0 Å². The first-order valence-corrected chi connectivity index (χ1v) is 6.78. The van der Waals surface area contributed by atoms with Crippen LogP contribution in [0.15, 0.2) is 30.5 Å². The second kappa shape index (κ2) is 5.12. The Morgan fingerprint density at radius 3 is 2.61 bits per heavy atom. The molecule has 1 saturated heterocycles. The van der Waals surface area contributed by atoms with Gasteiger partial charge in [0.1, 0.15) is 6.73 Å². The molecule has 0 amide bonds. The van der Waals surface area contributed by atoms with Crippen LogP contribution in [0.4, 0.5) is 0 Å². The van der Waals surface area contributed by atoms with Crippen molar-refractivity contribution in [2.45, 2.75) is 32.5 Å². The van der Waals surface area contributed by atoms with Crippen molar-refractivity contribution in [2.24, 2.45) is 0 Å². The normalized spacial score (nSPS) is 17.4. The summed E-state index contributed by atoms with van der Waals surface area (Å²) in [7, 11) is 0. The minimum atomic E-state index is 0.0561. The topological polar surface area (TPSA) is 28.4 Å². The van der Waals surface area contributed by atoms with Crippen molar-refractivity contribution < 1.29 is 5.11 Å². The molecule has 96 valence electrons. The first kappa shape index (κ1) is 11.8. The van der Waals surface area contributed by atoms with E-state index in [0.29, 0.717) is 0 Å². The highest BCUT2D eigenvalue weighted by Gasteiger charge is 2.14. The quantitative estimate of drug-likeness (QED) is 0.899. The Bertz CT molecular complexity index is 526. The van der Waals surface area contributed by atoms with Crippen LogP contribution in [-0.2, 0) is 13.3 Å². The van der Waals surface area contributed by atoms with E-state index < -0.39 is 0 Å². The summed E-state index contributed by atoms with van der Waals surface area (Å²) in [5.41, 5.74) is 2.47. The van der Waals surface area contributed by atoms with E-state index in [9.17, 15) is 5.11 Å². The number of likely N-dealkylation sites (tertiary alicyclic amines) is 1. The third kappa shape index (κ3) is 2.16. The molecule has 1 aliphatic rings. The highest BCUT2D eigenvalue weighted by Crippen LogP contribution is 2.23. The fraction of sp³-hybridized carbons (Fsp3) is 0.467. The molecule has 2 heterocycles. The van der Waals surface area contributed by atoms with Gasteiger partial charge in [0, 0.05) is 18.1 Å². The van der Waals surface area contributed by atoms with Crippen LogP contribution in [0.1, 0.15) is 24.8 Å². The summed E-state index contributed by atoms with van der Waals surface area (Å²) in [6.07, 6.45) is 6.10. The van der Waals surface area contributed by atoms with Crippen molar-refractivity contribution in [1.29, 1.82) is 0 Å². The maximum absolute atomic E-state index is 9.40. The zero-order valence-corrected chi connectivity index (χ0v) is 10.7. The third-order valence-electron chi connectivity index (χ3n) is 3.87. The van der Waals surface area contributed by atoms with E-state index >= 15 is 0 Å². The van der Waals surface area contributed by atoms with Crippen molar-refractivity contribution in [2.75, 3.05) is 13.1 Å². The van der Waals surface area contributed by atoms with E-state index in [-0.39, 0.29) is 6.73 Å². The molecule has 1 N–H and O–H groups in total. The van der Waals surface area contributed by atoms with Gasteiger partial charge >= 0.3 is 0 Å². The summed E-state index contributed by atoms with van der Waals surface area (Å²) in [4.78, 5) is 2.52. The molecular formula is C15H20N2O. The lowest BCUT2D eigenvalue weighted by Crippen LogP contribution is -2.28. The van der Waals surface area contributed by atoms with Crippen molar-refractivity contribution in [3.05, 3.63) is 36.0 Å². The van der Waals surface area contributed by atoms with Gasteiger partial charge in [-0.1, -0.05) is 24.6 Å². The number of para-hydroxylation sites is 1. The molecule has 0 unspecified atom stereocenters.